The standard InChI is InChI=1S/C15H27NO2/c1-3-18-15(17)13-7-9-16(10-8-13)14-6-4-5-12(2)11-14/h12-14H,3-11H2,1-2H3. The molecule has 0 radical (unpaired) electrons. The minimum Gasteiger partial charge on any atom is -0.466 e. The van der Waals surface area contributed by atoms with Crippen molar-refractivity contribution in [1.29, 1.82) is 0 Å². The Morgan fingerprint density at radius 1 is 1.22 bits per heavy atom. The van der Waals surface area contributed by atoms with Crippen LogP contribution in [-0.4, -0.2) is 36.6 Å². The maximum Gasteiger partial charge on any atom is 0.309 e. The Morgan fingerprint density at radius 3 is 2.56 bits per heavy atom. The molecule has 1 aliphatic carbocycles. The average Bonchev–Trinajstić information content (AvgIpc) is 2.39. The van der Waals surface area contributed by atoms with Crippen molar-refractivity contribution in [3.05, 3.63) is 0 Å². The second-order valence-corrected chi connectivity index (χ2v) is 5.99. The highest BCUT2D eigenvalue weighted by molar-refractivity contribution is 5.72. The van der Waals surface area contributed by atoms with Gasteiger partial charge in [0.25, 0.3) is 0 Å². The first kappa shape index (κ1) is 13.9. The Kier molecular flexibility index (Phi) is 5.04. The molecule has 2 aliphatic rings. The minimum atomic E-state index is 0.0224. The van der Waals surface area contributed by atoms with Gasteiger partial charge in [0.15, 0.2) is 0 Å². The highest BCUT2D eigenvalue weighted by Crippen LogP contribution is 2.30. The van der Waals surface area contributed by atoms with Crippen molar-refractivity contribution >= 4 is 5.97 Å². The molecule has 0 bridgehead atoms. The molecule has 3 nitrogen and oxygen atoms in total. The number of hydrogen-bond donors (Lipinski definition) is 0. The van der Waals surface area contributed by atoms with E-state index in [0.717, 1.165) is 37.9 Å². The third-order valence-corrected chi connectivity index (χ3v) is 4.57. The van der Waals surface area contributed by atoms with Gasteiger partial charge in [0.1, 0.15) is 0 Å². The summed E-state index contributed by atoms with van der Waals surface area (Å²) < 4.78 is 5.12. The monoisotopic (exact) mass is 253 g/mol. The molecule has 2 unspecified atom stereocenters. The van der Waals surface area contributed by atoms with Gasteiger partial charge in [-0.25, -0.2) is 0 Å². The first-order valence-corrected chi connectivity index (χ1v) is 7.61. The van der Waals surface area contributed by atoms with Gasteiger partial charge in [-0.1, -0.05) is 19.8 Å². The largest absolute Gasteiger partial charge is 0.466 e. The predicted molar refractivity (Wildman–Crippen MR) is 72.4 cm³/mol. The third-order valence-electron chi connectivity index (χ3n) is 4.57. The van der Waals surface area contributed by atoms with Crippen molar-refractivity contribution in [2.75, 3.05) is 19.7 Å². The van der Waals surface area contributed by atoms with Gasteiger partial charge < -0.3 is 9.64 Å². The lowest BCUT2D eigenvalue weighted by atomic mass is 9.84. The first-order chi connectivity index (χ1) is 8.70. The Balaban J connectivity index is 1.77. The molecule has 1 heterocycles. The van der Waals surface area contributed by atoms with Crippen LogP contribution in [0.4, 0.5) is 0 Å². The maximum atomic E-state index is 11.7. The molecule has 0 aromatic rings. The fourth-order valence-electron chi connectivity index (χ4n) is 3.49. The second-order valence-electron chi connectivity index (χ2n) is 5.99. The normalized spacial score (nSPS) is 31.2. The van der Waals surface area contributed by atoms with Crippen molar-refractivity contribution in [1.82, 2.24) is 4.90 Å². The molecule has 104 valence electrons. The molecule has 2 fully saturated rings. The van der Waals surface area contributed by atoms with Crippen molar-refractivity contribution in [2.24, 2.45) is 11.8 Å². The maximum absolute atomic E-state index is 11.7. The zero-order valence-corrected chi connectivity index (χ0v) is 11.9. The van der Waals surface area contributed by atoms with Crippen LogP contribution in [0.15, 0.2) is 0 Å². The summed E-state index contributed by atoms with van der Waals surface area (Å²) in [5.74, 6) is 1.06. The van der Waals surface area contributed by atoms with E-state index in [1.165, 1.54) is 25.7 Å². The van der Waals surface area contributed by atoms with Gasteiger partial charge in [-0.05, 0) is 51.6 Å². The predicted octanol–water partition coefficient (Wildman–Crippen LogP) is 2.84. The number of carbonyl (C=O) groups excluding carboxylic acids is 1. The van der Waals surface area contributed by atoms with Crippen LogP contribution in [0.3, 0.4) is 0 Å². The van der Waals surface area contributed by atoms with Crippen molar-refractivity contribution in [3.63, 3.8) is 0 Å². The number of esters is 1. The van der Waals surface area contributed by atoms with Gasteiger partial charge in [0.05, 0.1) is 12.5 Å². The van der Waals surface area contributed by atoms with Crippen molar-refractivity contribution in [2.45, 2.75) is 58.4 Å². The van der Waals surface area contributed by atoms with Gasteiger partial charge >= 0.3 is 5.97 Å². The summed E-state index contributed by atoms with van der Waals surface area (Å²) in [6.45, 7) is 6.94. The number of piperidine rings is 1. The lowest BCUT2D eigenvalue weighted by molar-refractivity contribution is -0.149. The lowest BCUT2D eigenvalue weighted by Crippen LogP contribution is -2.44. The summed E-state index contributed by atoms with van der Waals surface area (Å²) in [6.07, 6.45) is 7.46. The molecule has 1 saturated heterocycles. The highest BCUT2D eigenvalue weighted by Gasteiger charge is 2.31. The van der Waals surface area contributed by atoms with Crippen LogP contribution in [0, 0.1) is 11.8 Å². The highest BCUT2D eigenvalue weighted by atomic mass is 16.5. The molecule has 0 amide bonds. The lowest BCUT2D eigenvalue weighted by Gasteiger charge is -2.40. The van der Waals surface area contributed by atoms with E-state index in [-0.39, 0.29) is 11.9 Å². The van der Waals surface area contributed by atoms with Crippen LogP contribution in [0.5, 0.6) is 0 Å². The van der Waals surface area contributed by atoms with E-state index in [9.17, 15) is 4.79 Å². The van der Waals surface area contributed by atoms with Crippen LogP contribution in [0.25, 0.3) is 0 Å². The van der Waals surface area contributed by atoms with Crippen LogP contribution >= 0.6 is 0 Å². The van der Waals surface area contributed by atoms with E-state index in [1.807, 2.05) is 6.92 Å². The molecule has 0 N–H and O–H groups in total. The summed E-state index contributed by atoms with van der Waals surface area (Å²) >= 11 is 0. The van der Waals surface area contributed by atoms with Crippen molar-refractivity contribution in [3.8, 4) is 0 Å². The molecular formula is C15H27NO2. The molecular weight excluding hydrogens is 226 g/mol. The molecule has 1 aliphatic heterocycles. The molecule has 0 aromatic heterocycles. The van der Waals surface area contributed by atoms with Crippen LogP contribution in [0.2, 0.25) is 0 Å². The van der Waals surface area contributed by atoms with E-state index < -0.39 is 0 Å². The molecule has 18 heavy (non-hydrogen) atoms. The minimum absolute atomic E-state index is 0.0224. The topological polar surface area (TPSA) is 29.5 Å². The number of hydrogen-bond acceptors (Lipinski definition) is 3. The van der Waals surface area contributed by atoms with E-state index >= 15 is 0 Å². The molecule has 1 saturated carbocycles. The quantitative estimate of drug-likeness (QED) is 0.724. The number of ether oxygens (including phenoxy) is 1. The Morgan fingerprint density at radius 2 is 1.94 bits per heavy atom. The van der Waals surface area contributed by atoms with Gasteiger partial charge in [0.2, 0.25) is 0 Å². The number of rotatable bonds is 3. The summed E-state index contributed by atoms with van der Waals surface area (Å²) in [5, 5.41) is 0. The molecule has 0 aromatic carbocycles. The van der Waals surface area contributed by atoms with E-state index in [0.29, 0.717) is 6.61 Å². The SMILES string of the molecule is CCOC(=O)C1CCN(C2CCCC(C)C2)CC1. The van der Waals surface area contributed by atoms with Gasteiger partial charge in [-0.3, -0.25) is 4.79 Å². The van der Waals surface area contributed by atoms with Gasteiger partial charge in [-0.15, -0.1) is 0 Å². The number of carbonyl (C=O) groups is 1. The molecule has 2 atom stereocenters. The zero-order chi connectivity index (χ0) is 13.0. The summed E-state index contributed by atoms with van der Waals surface area (Å²) in [7, 11) is 0. The van der Waals surface area contributed by atoms with Crippen LogP contribution in [0.1, 0.15) is 52.4 Å². The van der Waals surface area contributed by atoms with Crippen molar-refractivity contribution < 1.29 is 9.53 Å². The number of nitrogens with zero attached hydrogens (tertiary/aromatic N) is 1. The van der Waals surface area contributed by atoms with Gasteiger partial charge in [0, 0.05) is 6.04 Å². The van der Waals surface area contributed by atoms with E-state index in [4.69, 9.17) is 4.74 Å². The Bertz CT molecular complexity index is 272. The average molecular weight is 253 g/mol. The Labute approximate surface area is 111 Å². The summed E-state index contributed by atoms with van der Waals surface area (Å²) in [4.78, 5) is 14.3. The zero-order valence-electron chi connectivity index (χ0n) is 11.9. The van der Waals surface area contributed by atoms with E-state index in [1.54, 1.807) is 0 Å². The summed E-state index contributed by atoms with van der Waals surface area (Å²) in [5.41, 5.74) is 0. The molecule has 3 heteroatoms. The number of likely N-dealkylation sites (tertiary alicyclic amines) is 1. The third kappa shape index (κ3) is 3.47. The first-order valence-electron chi connectivity index (χ1n) is 7.61. The van der Waals surface area contributed by atoms with Gasteiger partial charge in [-0.2, -0.15) is 0 Å². The second kappa shape index (κ2) is 6.55. The summed E-state index contributed by atoms with van der Waals surface area (Å²) in [6, 6.07) is 0.775. The van der Waals surface area contributed by atoms with E-state index in [2.05, 4.69) is 11.8 Å². The Hall–Kier alpha value is -0.570. The van der Waals surface area contributed by atoms with Crippen LogP contribution < -0.4 is 0 Å². The van der Waals surface area contributed by atoms with Crippen LogP contribution in [-0.2, 0) is 9.53 Å². The fraction of sp³-hybridized carbons (Fsp3) is 0.933. The molecule has 0 spiro atoms. The fourth-order valence-corrected chi connectivity index (χ4v) is 3.49. The molecule has 2 rings (SSSR count). The smallest absolute Gasteiger partial charge is 0.309 e.